The van der Waals surface area contributed by atoms with E-state index in [1.54, 1.807) is 13.0 Å². The third-order valence-corrected chi connectivity index (χ3v) is 6.20. The number of nitrogens with zero attached hydrogens (tertiary/aromatic N) is 2. The molecule has 2 rings (SSSR count). The number of aromatic nitrogens is 1. The van der Waals surface area contributed by atoms with Crippen molar-refractivity contribution in [3.8, 4) is 6.07 Å². The molecule has 12 heteroatoms. The molecule has 226 valence electrons. The lowest BCUT2D eigenvalue weighted by molar-refractivity contribution is -0.131. The number of hydrogen-bond donors (Lipinski definition) is 5. The summed E-state index contributed by atoms with van der Waals surface area (Å²) in [5.41, 5.74) is 1.94. The summed E-state index contributed by atoms with van der Waals surface area (Å²) in [6.07, 6.45) is 1.45. The van der Waals surface area contributed by atoms with Gasteiger partial charge in [-0.25, -0.2) is 0 Å². The molecule has 0 fully saturated rings. The van der Waals surface area contributed by atoms with E-state index < -0.39 is 41.8 Å². The van der Waals surface area contributed by atoms with Gasteiger partial charge in [0.15, 0.2) is 5.69 Å². The smallest absolute Gasteiger partial charge is 0.274 e. The fraction of sp³-hybridized carbons (Fsp3) is 0.467. The van der Waals surface area contributed by atoms with Gasteiger partial charge in [-0.15, -0.1) is 0 Å². The number of allylic oxidation sites excluding steroid dienone is 1. The van der Waals surface area contributed by atoms with Crippen molar-refractivity contribution in [3.05, 3.63) is 64.6 Å². The standard InChI is InChI=1S/C30H40N6O6/c1-18(2)14-23(16-31)27(38)32-13-7-6-8-24(28(39)33-17-22-11-9-19(3)10-12-22)34-30(41)26(21(5)37)35-29(40)25-15-20(4)42-36-25/h9-12,14-15,18,21,24,26,37H,6-8,13,17H2,1-5H3,(H,32,38)(H,33,39)(H,34,41)(H,35,40)/t21-,24?,26+/m1/s1. The zero-order chi connectivity index (χ0) is 31.2. The van der Waals surface area contributed by atoms with Gasteiger partial charge in [0.1, 0.15) is 29.5 Å². The monoisotopic (exact) mass is 580 g/mol. The molecule has 1 aromatic carbocycles. The van der Waals surface area contributed by atoms with Gasteiger partial charge < -0.3 is 30.9 Å². The molecule has 4 amide bonds. The molecule has 1 heterocycles. The Hall–Kier alpha value is -4.50. The summed E-state index contributed by atoms with van der Waals surface area (Å²) in [5.74, 6) is -1.93. The van der Waals surface area contributed by atoms with Crippen LogP contribution in [0.15, 0.2) is 46.5 Å². The van der Waals surface area contributed by atoms with Gasteiger partial charge in [0.25, 0.3) is 11.8 Å². The van der Waals surface area contributed by atoms with E-state index >= 15 is 0 Å². The fourth-order valence-corrected chi connectivity index (χ4v) is 3.91. The highest BCUT2D eigenvalue weighted by molar-refractivity contribution is 5.98. The van der Waals surface area contributed by atoms with Crippen LogP contribution in [0.4, 0.5) is 0 Å². The SMILES string of the molecule is Cc1ccc(CNC(=O)C(CCCCNC(=O)C(C#N)=CC(C)C)NC(=O)[C@@H](NC(=O)c2cc(C)on2)[C@@H](C)O)cc1. The molecule has 1 aromatic heterocycles. The van der Waals surface area contributed by atoms with Gasteiger partial charge in [0.05, 0.1) is 6.10 Å². The number of amides is 4. The van der Waals surface area contributed by atoms with Crippen molar-refractivity contribution in [1.82, 2.24) is 26.4 Å². The van der Waals surface area contributed by atoms with E-state index in [0.717, 1.165) is 11.1 Å². The third kappa shape index (κ3) is 11.2. The minimum atomic E-state index is -1.36. The number of aryl methyl sites for hydroxylation is 2. The number of carbonyl (C=O) groups is 4. The second kappa shape index (κ2) is 16.7. The Morgan fingerprint density at radius 3 is 2.29 bits per heavy atom. The molecular weight excluding hydrogens is 540 g/mol. The molecule has 0 aliphatic rings. The molecule has 42 heavy (non-hydrogen) atoms. The number of rotatable bonds is 15. The Balaban J connectivity index is 2.05. The number of nitrogens with one attached hydrogen (secondary N) is 4. The average Bonchev–Trinajstić information content (AvgIpc) is 3.38. The van der Waals surface area contributed by atoms with Crippen molar-refractivity contribution in [1.29, 1.82) is 5.26 Å². The largest absolute Gasteiger partial charge is 0.391 e. The number of aliphatic hydroxyl groups is 1. The first-order chi connectivity index (χ1) is 19.9. The first kappa shape index (κ1) is 33.7. The summed E-state index contributed by atoms with van der Waals surface area (Å²) in [6, 6.07) is 8.57. The summed E-state index contributed by atoms with van der Waals surface area (Å²) < 4.78 is 4.90. The van der Waals surface area contributed by atoms with Crippen LogP contribution in [0.1, 0.15) is 67.4 Å². The molecule has 5 N–H and O–H groups in total. The van der Waals surface area contributed by atoms with Crippen LogP contribution in [0.5, 0.6) is 0 Å². The molecule has 1 unspecified atom stereocenters. The highest BCUT2D eigenvalue weighted by atomic mass is 16.5. The molecule has 0 saturated heterocycles. The lowest BCUT2D eigenvalue weighted by Crippen LogP contribution is -2.57. The van der Waals surface area contributed by atoms with Gasteiger partial charge in [-0.05, 0) is 51.5 Å². The number of aliphatic hydroxyl groups excluding tert-OH is 1. The van der Waals surface area contributed by atoms with Gasteiger partial charge >= 0.3 is 0 Å². The Bertz CT molecular complexity index is 1290. The molecule has 0 aliphatic carbocycles. The molecule has 0 saturated carbocycles. The van der Waals surface area contributed by atoms with Gasteiger partial charge in [-0.1, -0.05) is 54.9 Å². The maximum atomic E-state index is 13.2. The normalized spacial score (nSPS) is 13.4. The summed E-state index contributed by atoms with van der Waals surface area (Å²) in [6.45, 7) is 9.15. The van der Waals surface area contributed by atoms with Crippen LogP contribution in [0.3, 0.4) is 0 Å². The zero-order valence-electron chi connectivity index (χ0n) is 24.7. The number of unbranched alkanes of at least 4 members (excludes halogenated alkanes) is 1. The van der Waals surface area contributed by atoms with E-state index in [1.165, 1.54) is 13.0 Å². The zero-order valence-corrected chi connectivity index (χ0v) is 24.7. The Morgan fingerprint density at radius 2 is 1.71 bits per heavy atom. The maximum Gasteiger partial charge on any atom is 0.274 e. The molecule has 0 aliphatic heterocycles. The van der Waals surface area contributed by atoms with Crippen LogP contribution in [0, 0.1) is 31.1 Å². The minimum Gasteiger partial charge on any atom is -0.391 e. The Labute approximate surface area is 245 Å². The lowest BCUT2D eigenvalue weighted by atomic mass is 10.1. The summed E-state index contributed by atoms with van der Waals surface area (Å²) in [4.78, 5) is 51.1. The molecule has 0 spiro atoms. The van der Waals surface area contributed by atoms with Crippen LogP contribution in [0.2, 0.25) is 0 Å². The minimum absolute atomic E-state index is 0.0395. The van der Waals surface area contributed by atoms with Gasteiger partial charge in [0.2, 0.25) is 11.8 Å². The lowest BCUT2D eigenvalue weighted by Gasteiger charge is -2.24. The Morgan fingerprint density at radius 1 is 1.02 bits per heavy atom. The van der Waals surface area contributed by atoms with E-state index in [4.69, 9.17) is 4.52 Å². The van der Waals surface area contributed by atoms with Gasteiger partial charge in [0, 0.05) is 19.2 Å². The van der Waals surface area contributed by atoms with Crippen molar-refractivity contribution in [2.24, 2.45) is 5.92 Å². The molecule has 3 atom stereocenters. The second-order valence-corrected chi connectivity index (χ2v) is 10.5. The summed E-state index contributed by atoms with van der Waals surface area (Å²) in [7, 11) is 0. The van der Waals surface area contributed by atoms with Crippen LogP contribution >= 0.6 is 0 Å². The first-order valence-corrected chi connectivity index (χ1v) is 13.9. The number of benzene rings is 1. The second-order valence-electron chi connectivity index (χ2n) is 10.5. The van der Waals surface area contributed by atoms with Crippen molar-refractivity contribution in [2.75, 3.05) is 6.54 Å². The summed E-state index contributed by atoms with van der Waals surface area (Å²) >= 11 is 0. The van der Waals surface area contributed by atoms with Crippen LogP contribution in [-0.4, -0.2) is 58.6 Å². The predicted molar refractivity (Wildman–Crippen MR) is 155 cm³/mol. The van der Waals surface area contributed by atoms with Gasteiger partial charge in [-0.2, -0.15) is 5.26 Å². The maximum absolute atomic E-state index is 13.2. The van der Waals surface area contributed by atoms with E-state index in [9.17, 15) is 29.5 Å². The molecule has 0 radical (unpaired) electrons. The highest BCUT2D eigenvalue weighted by Crippen LogP contribution is 2.08. The van der Waals surface area contributed by atoms with Crippen LogP contribution in [-0.2, 0) is 20.9 Å². The summed E-state index contributed by atoms with van der Waals surface area (Å²) in [5, 5.41) is 33.7. The van der Waals surface area contributed by atoms with E-state index in [1.807, 2.05) is 51.1 Å². The van der Waals surface area contributed by atoms with E-state index in [-0.39, 0.29) is 36.7 Å². The van der Waals surface area contributed by atoms with E-state index in [2.05, 4.69) is 26.4 Å². The van der Waals surface area contributed by atoms with Crippen molar-refractivity contribution in [2.45, 2.75) is 78.6 Å². The van der Waals surface area contributed by atoms with Crippen molar-refractivity contribution >= 4 is 23.6 Å². The van der Waals surface area contributed by atoms with Crippen molar-refractivity contribution < 1.29 is 28.8 Å². The Kier molecular flexibility index (Phi) is 13.4. The molecular formula is C30H40N6O6. The predicted octanol–water partition coefficient (Wildman–Crippen LogP) is 1.96. The fourth-order valence-electron chi connectivity index (χ4n) is 3.91. The van der Waals surface area contributed by atoms with Crippen LogP contribution in [0.25, 0.3) is 0 Å². The molecule has 2 aromatic rings. The number of hydrogen-bond acceptors (Lipinski definition) is 8. The molecule has 0 bridgehead atoms. The third-order valence-electron chi connectivity index (χ3n) is 6.20. The van der Waals surface area contributed by atoms with Gasteiger partial charge in [-0.3, -0.25) is 19.2 Å². The topological polar surface area (TPSA) is 186 Å². The number of nitriles is 1. The highest BCUT2D eigenvalue weighted by Gasteiger charge is 2.30. The van der Waals surface area contributed by atoms with Crippen molar-refractivity contribution in [3.63, 3.8) is 0 Å². The average molecular weight is 581 g/mol. The van der Waals surface area contributed by atoms with Crippen LogP contribution < -0.4 is 21.3 Å². The quantitative estimate of drug-likeness (QED) is 0.120. The first-order valence-electron chi connectivity index (χ1n) is 13.9. The van der Waals surface area contributed by atoms with E-state index in [0.29, 0.717) is 18.6 Å². The molecule has 12 nitrogen and oxygen atoms in total. The number of carbonyl (C=O) groups excluding carboxylic acids is 4.